The minimum atomic E-state index is -0.501. The molecule has 1 fully saturated rings. The van der Waals surface area contributed by atoms with Crippen LogP contribution in [0.15, 0.2) is 60.8 Å². The van der Waals surface area contributed by atoms with Crippen LogP contribution < -0.4 is 4.74 Å². The molecule has 1 aromatic heterocycles. The normalized spacial score (nSPS) is 14.3. The number of para-hydroxylation sites is 2. The molecule has 166 valence electrons. The molecule has 0 aliphatic carbocycles. The highest BCUT2D eigenvalue weighted by Crippen LogP contribution is 2.26. The van der Waals surface area contributed by atoms with Crippen LogP contribution in [0, 0.1) is 10.1 Å². The standard InChI is InChI=1S/C22H22ClN5O4/c23-18-5-3-4-17(14-18)15-25-10-12-26(13-11-25)22(29)19-8-9-27(24-19)16-32-21-7-2-1-6-20(21)28(30)31/h1-9,14H,10-13,15-16H2. The molecule has 4 rings (SSSR count). The maximum absolute atomic E-state index is 12.8. The second-order valence-electron chi connectivity index (χ2n) is 7.44. The van der Waals surface area contributed by atoms with Gasteiger partial charge in [0.25, 0.3) is 5.91 Å². The zero-order valence-electron chi connectivity index (χ0n) is 17.3. The highest BCUT2D eigenvalue weighted by molar-refractivity contribution is 6.30. The average molecular weight is 456 g/mol. The summed E-state index contributed by atoms with van der Waals surface area (Å²) in [5.74, 6) is 0.00792. The number of halogens is 1. The van der Waals surface area contributed by atoms with E-state index in [-0.39, 0.29) is 24.1 Å². The van der Waals surface area contributed by atoms with Crippen molar-refractivity contribution in [2.75, 3.05) is 26.2 Å². The van der Waals surface area contributed by atoms with Gasteiger partial charge in [0.15, 0.2) is 18.2 Å². The van der Waals surface area contributed by atoms with E-state index in [0.717, 1.165) is 30.2 Å². The van der Waals surface area contributed by atoms with E-state index >= 15 is 0 Å². The van der Waals surface area contributed by atoms with Gasteiger partial charge in [-0.15, -0.1) is 0 Å². The van der Waals surface area contributed by atoms with Crippen LogP contribution in [-0.4, -0.2) is 56.6 Å². The van der Waals surface area contributed by atoms with Gasteiger partial charge in [-0.25, -0.2) is 4.68 Å². The van der Waals surface area contributed by atoms with Crippen molar-refractivity contribution in [3.63, 3.8) is 0 Å². The van der Waals surface area contributed by atoms with Gasteiger partial charge in [-0.3, -0.25) is 19.8 Å². The molecule has 0 radical (unpaired) electrons. The topological polar surface area (TPSA) is 93.7 Å². The largest absolute Gasteiger partial charge is 0.464 e. The van der Waals surface area contributed by atoms with Crippen molar-refractivity contribution >= 4 is 23.2 Å². The molecular weight excluding hydrogens is 434 g/mol. The number of carbonyl (C=O) groups is 1. The van der Waals surface area contributed by atoms with Crippen LogP contribution in [0.25, 0.3) is 0 Å². The predicted molar refractivity (Wildman–Crippen MR) is 119 cm³/mol. The molecule has 0 saturated carbocycles. The minimum absolute atomic E-state index is 0.0362. The van der Waals surface area contributed by atoms with E-state index in [0.29, 0.717) is 18.8 Å². The Kier molecular flexibility index (Phi) is 6.67. The number of hydrogen-bond acceptors (Lipinski definition) is 6. The maximum Gasteiger partial charge on any atom is 0.311 e. The van der Waals surface area contributed by atoms with Crippen molar-refractivity contribution in [3.8, 4) is 5.75 Å². The van der Waals surface area contributed by atoms with Gasteiger partial charge >= 0.3 is 5.69 Å². The number of aromatic nitrogens is 2. The molecule has 1 saturated heterocycles. The van der Waals surface area contributed by atoms with Crippen molar-refractivity contribution in [1.82, 2.24) is 19.6 Å². The third-order valence-corrected chi connectivity index (χ3v) is 5.46. The summed E-state index contributed by atoms with van der Waals surface area (Å²) in [5, 5.41) is 16.1. The van der Waals surface area contributed by atoms with Crippen LogP contribution in [0.2, 0.25) is 5.02 Å². The molecule has 0 unspecified atom stereocenters. The lowest BCUT2D eigenvalue weighted by Crippen LogP contribution is -2.48. The zero-order valence-corrected chi connectivity index (χ0v) is 18.0. The first-order valence-electron chi connectivity index (χ1n) is 10.2. The Balaban J connectivity index is 1.30. The molecule has 2 aromatic carbocycles. The van der Waals surface area contributed by atoms with E-state index in [9.17, 15) is 14.9 Å². The summed E-state index contributed by atoms with van der Waals surface area (Å²) in [6, 6.07) is 15.6. The Morgan fingerprint density at radius 1 is 1.09 bits per heavy atom. The van der Waals surface area contributed by atoms with Gasteiger partial charge in [0, 0.05) is 50.0 Å². The molecule has 1 amide bonds. The van der Waals surface area contributed by atoms with E-state index in [1.165, 1.54) is 16.8 Å². The van der Waals surface area contributed by atoms with E-state index in [1.54, 1.807) is 29.3 Å². The smallest absolute Gasteiger partial charge is 0.311 e. The molecule has 0 spiro atoms. The highest BCUT2D eigenvalue weighted by atomic mass is 35.5. The summed E-state index contributed by atoms with van der Waals surface area (Å²) in [6.45, 7) is 3.50. The monoisotopic (exact) mass is 455 g/mol. The molecule has 1 aliphatic rings. The minimum Gasteiger partial charge on any atom is -0.464 e. The Hall–Kier alpha value is -3.43. The Morgan fingerprint density at radius 2 is 1.88 bits per heavy atom. The summed E-state index contributed by atoms with van der Waals surface area (Å²) in [7, 11) is 0. The van der Waals surface area contributed by atoms with Gasteiger partial charge in [0.05, 0.1) is 4.92 Å². The Labute approximate surface area is 189 Å². The molecule has 10 heteroatoms. The van der Waals surface area contributed by atoms with Crippen LogP contribution in [0.5, 0.6) is 5.75 Å². The van der Waals surface area contributed by atoms with Crippen molar-refractivity contribution in [3.05, 3.63) is 87.2 Å². The molecule has 9 nitrogen and oxygen atoms in total. The van der Waals surface area contributed by atoms with Gasteiger partial charge in [0.1, 0.15) is 0 Å². The number of hydrogen-bond donors (Lipinski definition) is 0. The number of benzene rings is 2. The predicted octanol–water partition coefficient (Wildman–Crippen LogP) is 3.44. The number of amides is 1. The van der Waals surface area contributed by atoms with Crippen molar-refractivity contribution in [2.24, 2.45) is 0 Å². The lowest BCUT2D eigenvalue weighted by atomic mass is 10.2. The number of nitro benzene ring substituents is 1. The first-order valence-corrected chi connectivity index (χ1v) is 10.5. The van der Waals surface area contributed by atoms with Crippen molar-refractivity contribution in [2.45, 2.75) is 13.3 Å². The number of ether oxygens (including phenoxy) is 1. The summed E-state index contributed by atoms with van der Waals surface area (Å²) < 4.78 is 6.96. The molecule has 0 bridgehead atoms. The van der Waals surface area contributed by atoms with Crippen LogP contribution in [0.3, 0.4) is 0 Å². The van der Waals surface area contributed by atoms with E-state index in [2.05, 4.69) is 10.00 Å². The fraction of sp³-hybridized carbons (Fsp3) is 0.273. The van der Waals surface area contributed by atoms with Crippen LogP contribution >= 0.6 is 11.6 Å². The highest BCUT2D eigenvalue weighted by Gasteiger charge is 2.24. The zero-order chi connectivity index (χ0) is 22.5. The lowest BCUT2D eigenvalue weighted by Gasteiger charge is -2.34. The number of piperazine rings is 1. The van der Waals surface area contributed by atoms with Gasteiger partial charge in [-0.05, 0) is 29.8 Å². The van der Waals surface area contributed by atoms with Crippen LogP contribution in [0.1, 0.15) is 16.1 Å². The Morgan fingerprint density at radius 3 is 2.62 bits per heavy atom. The first kappa shape index (κ1) is 21.8. The number of rotatable bonds is 7. The number of nitro groups is 1. The summed E-state index contributed by atoms with van der Waals surface area (Å²) in [6.07, 6.45) is 1.62. The third-order valence-electron chi connectivity index (χ3n) is 5.23. The molecule has 1 aliphatic heterocycles. The quantitative estimate of drug-likeness (QED) is 0.400. The SMILES string of the molecule is O=C(c1ccn(COc2ccccc2[N+](=O)[O-])n1)N1CCN(Cc2cccc(Cl)c2)CC1. The van der Waals surface area contributed by atoms with Gasteiger partial charge in [0.2, 0.25) is 0 Å². The third kappa shape index (κ3) is 5.24. The second-order valence-corrected chi connectivity index (χ2v) is 7.87. The van der Waals surface area contributed by atoms with Crippen LogP contribution in [0.4, 0.5) is 5.69 Å². The molecule has 32 heavy (non-hydrogen) atoms. The van der Waals surface area contributed by atoms with E-state index < -0.39 is 4.92 Å². The molecule has 3 aromatic rings. The Bertz CT molecular complexity index is 1110. The van der Waals surface area contributed by atoms with Gasteiger partial charge < -0.3 is 9.64 Å². The molecule has 0 atom stereocenters. The fourth-order valence-electron chi connectivity index (χ4n) is 3.58. The molecule has 2 heterocycles. The van der Waals surface area contributed by atoms with Gasteiger partial charge in [-0.1, -0.05) is 35.9 Å². The lowest BCUT2D eigenvalue weighted by molar-refractivity contribution is -0.386. The van der Waals surface area contributed by atoms with Crippen molar-refractivity contribution < 1.29 is 14.5 Å². The number of carbonyl (C=O) groups excluding carboxylic acids is 1. The van der Waals surface area contributed by atoms with Gasteiger partial charge in [-0.2, -0.15) is 5.10 Å². The van der Waals surface area contributed by atoms with E-state index in [1.807, 2.05) is 24.3 Å². The fourth-order valence-corrected chi connectivity index (χ4v) is 3.79. The van der Waals surface area contributed by atoms with Crippen LogP contribution in [-0.2, 0) is 13.3 Å². The molecule has 0 N–H and O–H groups in total. The molecular formula is C22H22ClN5O4. The summed E-state index contributed by atoms with van der Waals surface area (Å²) >= 11 is 6.06. The van der Waals surface area contributed by atoms with E-state index in [4.69, 9.17) is 16.3 Å². The summed E-state index contributed by atoms with van der Waals surface area (Å²) in [4.78, 5) is 27.5. The second kappa shape index (κ2) is 9.80. The summed E-state index contributed by atoms with van der Waals surface area (Å²) in [5.41, 5.74) is 1.35. The van der Waals surface area contributed by atoms with Crippen molar-refractivity contribution in [1.29, 1.82) is 0 Å². The average Bonchev–Trinajstić information content (AvgIpc) is 3.27. The number of nitrogens with zero attached hydrogens (tertiary/aromatic N) is 5. The maximum atomic E-state index is 12.8. The first-order chi connectivity index (χ1) is 15.5.